The molecule has 7 rings (SSSR count). The number of ether oxygens (including phenoxy) is 3. The first-order valence-corrected chi connectivity index (χ1v) is 10.8. The Hall–Kier alpha value is -2.21. The van der Waals surface area contributed by atoms with Gasteiger partial charge in [0.25, 0.3) is 0 Å². The number of hydrogen-bond acceptors (Lipinski definition) is 5. The maximum absolute atomic E-state index is 13.5. The van der Waals surface area contributed by atoms with Gasteiger partial charge in [0.1, 0.15) is 0 Å². The maximum Gasteiger partial charge on any atom is 0.229 e. The van der Waals surface area contributed by atoms with E-state index in [2.05, 4.69) is 21.9 Å². The molecule has 1 aromatic rings. The van der Waals surface area contributed by atoms with Gasteiger partial charge in [-0.2, -0.15) is 0 Å². The van der Waals surface area contributed by atoms with Crippen LogP contribution in [0.5, 0.6) is 11.5 Å². The second-order valence-corrected chi connectivity index (χ2v) is 9.48. The summed E-state index contributed by atoms with van der Waals surface area (Å²) >= 11 is 0. The summed E-state index contributed by atoms with van der Waals surface area (Å²) in [5.41, 5.74) is 3.85. The molecule has 5 heterocycles. The number of piperidine rings is 2. The highest BCUT2D eigenvalue weighted by atomic mass is 16.5. The summed E-state index contributed by atoms with van der Waals surface area (Å²) < 4.78 is 17.6. The van der Waals surface area contributed by atoms with Gasteiger partial charge in [0.05, 0.1) is 45.1 Å². The van der Waals surface area contributed by atoms with E-state index in [1.165, 1.54) is 12.0 Å². The number of carbonyl (C=O) groups excluding carboxylic acids is 1. The van der Waals surface area contributed by atoms with Gasteiger partial charge in [-0.05, 0) is 36.9 Å². The van der Waals surface area contributed by atoms with E-state index < -0.39 is 0 Å². The lowest BCUT2D eigenvalue weighted by Crippen LogP contribution is -2.69. The Kier molecular flexibility index (Phi) is 6.33. The minimum absolute atomic E-state index is 0. The molecule has 6 atom stereocenters. The molecule has 5 aliphatic heterocycles. The summed E-state index contributed by atoms with van der Waals surface area (Å²) in [6, 6.07) is 4.87. The van der Waals surface area contributed by atoms with Crippen molar-refractivity contribution in [1.82, 2.24) is 4.90 Å². The van der Waals surface area contributed by atoms with Crippen LogP contribution in [0, 0.1) is 11.8 Å². The number of rotatable bonds is 2. The smallest absolute Gasteiger partial charge is 0.229 e. The average molecular weight is 467 g/mol. The van der Waals surface area contributed by atoms with Gasteiger partial charge >= 0.3 is 0 Å². The van der Waals surface area contributed by atoms with E-state index in [4.69, 9.17) is 14.2 Å². The summed E-state index contributed by atoms with van der Waals surface area (Å²) in [6.45, 7) is 2.80. The first-order chi connectivity index (χ1) is 14.2. The van der Waals surface area contributed by atoms with E-state index in [0.717, 1.165) is 30.9 Å². The van der Waals surface area contributed by atoms with Crippen LogP contribution >= 0.6 is 0 Å². The van der Waals surface area contributed by atoms with Crippen LogP contribution in [0.4, 0.5) is 5.69 Å². The molecular weight excluding hydrogens is 432 g/mol. The lowest BCUT2D eigenvalue weighted by atomic mass is 9.53. The number of methoxy groups -OCH3 is 2. The van der Waals surface area contributed by atoms with Crippen LogP contribution < -0.4 is 14.4 Å². The van der Waals surface area contributed by atoms with E-state index >= 15 is 0 Å². The molecule has 1 aromatic carbocycles. The van der Waals surface area contributed by atoms with E-state index in [-0.39, 0.29) is 45.4 Å². The molecule has 33 heavy (non-hydrogen) atoms. The Labute approximate surface area is 192 Å². The van der Waals surface area contributed by atoms with Gasteiger partial charge in [-0.3, -0.25) is 9.69 Å². The first kappa shape index (κ1) is 25.4. The molecule has 184 valence electrons. The van der Waals surface area contributed by atoms with Crippen LogP contribution in [-0.4, -0.2) is 84.8 Å². The predicted molar refractivity (Wildman–Crippen MR) is 121 cm³/mol. The number of carbonyl (C=O) groups is 1. The van der Waals surface area contributed by atoms with Crippen LogP contribution in [0.1, 0.15) is 24.8 Å². The van der Waals surface area contributed by atoms with Gasteiger partial charge < -0.3 is 41.0 Å². The average Bonchev–Trinajstić information content (AvgIpc) is 3.20. The second-order valence-electron chi connectivity index (χ2n) is 9.48. The molecule has 1 amide bonds. The van der Waals surface area contributed by atoms with Gasteiger partial charge in [-0.15, -0.1) is 0 Å². The highest BCUT2D eigenvalue weighted by molar-refractivity contribution is 5.99. The standard InChI is InChI=1S/C23H26N2O4.4H2O/c1-27-16-8-14-15(9-17(16)28-2)25-20(26)10-18-21-13-7-19-23(14,22(21)25)4-5-24(19)11-12(13)3-6-29-18;;;;/h3,8-9,13,18-19,21-22H,4-7,10-11H2,1-2H3;4*1H2/t13-,18?,19-,21-,22?,23+;;;;/m0..../s1. The molecule has 8 N–H and O–H groups in total. The molecule has 2 unspecified atom stereocenters. The molecule has 10 heteroatoms. The van der Waals surface area contributed by atoms with Gasteiger partial charge in [0.2, 0.25) is 5.91 Å². The fourth-order valence-corrected chi connectivity index (χ4v) is 7.87. The molecule has 1 spiro atoms. The van der Waals surface area contributed by atoms with Crippen LogP contribution in [0.25, 0.3) is 0 Å². The number of benzene rings is 1. The first-order valence-electron chi connectivity index (χ1n) is 10.8. The SMILES string of the molecule is COc1cc2c(cc1OC)[C@@]13CCN4CC5=CCOC6CC(=O)N2C1[C@H]6[C@H]5C[C@H]43.O.O.O.O. The van der Waals surface area contributed by atoms with Crippen molar-refractivity contribution in [3.63, 3.8) is 0 Å². The van der Waals surface area contributed by atoms with Crippen molar-refractivity contribution >= 4 is 11.6 Å². The van der Waals surface area contributed by atoms with Crippen LogP contribution in [0.3, 0.4) is 0 Å². The lowest BCUT2D eigenvalue weighted by Gasteiger charge is -2.58. The topological polar surface area (TPSA) is 177 Å². The predicted octanol–water partition coefficient (Wildman–Crippen LogP) is -1.19. The summed E-state index contributed by atoms with van der Waals surface area (Å²) in [5.74, 6) is 2.57. The zero-order valence-corrected chi connectivity index (χ0v) is 18.9. The third-order valence-electron chi connectivity index (χ3n) is 8.81. The molecule has 10 nitrogen and oxygen atoms in total. The van der Waals surface area contributed by atoms with Gasteiger partial charge in [0, 0.05) is 30.0 Å². The molecule has 4 fully saturated rings. The quantitative estimate of drug-likeness (QED) is 0.497. The number of nitrogens with zero attached hydrogens (tertiary/aromatic N) is 2. The monoisotopic (exact) mass is 466 g/mol. The van der Waals surface area contributed by atoms with Gasteiger partial charge in [-0.25, -0.2) is 0 Å². The highest BCUT2D eigenvalue weighted by Gasteiger charge is 2.71. The molecule has 0 radical (unpaired) electrons. The largest absolute Gasteiger partial charge is 0.493 e. The number of hydrogen-bond donors (Lipinski definition) is 0. The fraction of sp³-hybridized carbons (Fsp3) is 0.609. The number of fused-ring (bicyclic) bond motifs is 2. The molecule has 1 aliphatic carbocycles. The van der Waals surface area contributed by atoms with Crippen molar-refractivity contribution in [3.05, 3.63) is 29.3 Å². The fourth-order valence-electron chi connectivity index (χ4n) is 7.87. The Morgan fingerprint density at radius 3 is 2.55 bits per heavy atom. The summed E-state index contributed by atoms with van der Waals surface area (Å²) in [4.78, 5) is 18.3. The van der Waals surface area contributed by atoms with Gasteiger partial charge in [0.15, 0.2) is 11.5 Å². The van der Waals surface area contributed by atoms with Crippen LogP contribution in [0.2, 0.25) is 0 Å². The lowest BCUT2D eigenvalue weighted by molar-refractivity contribution is -0.132. The molecule has 1 saturated carbocycles. The molecule has 3 saturated heterocycles. The third kappa shape index (κ3) is 2.73. The Balaban J connectivity index is 0.000000766. The van der Waals surface area contributed by atoms with Crippen LogP contribution in [0.15, 0.2) is 23.8 Å². The minimum Gasteiger partial charge on any atom is -0.493 e. The Morgan fingerprint density at radius 1 is 1.09 bits per heavy atom. The van der Waals surface area contributed by atoms with E-state index in [1.54, 1.807) is 19.8 Å². The van der Waals surface area contributed by atoms with E-state index in [0.29, 0.717) is 36.7 Å². The molecule has 0 aromatic heterocycles. The van der Waals surface area contributed by atoms with Gasteiger partial charge in [-0.1, -0.05) is 11.6 Å². The Morgan fingerprint density at radius 2 is 1.82 bits per heavy atom. The zero-order chi connectivity index (χ0) is 19.5. The second kappa shape index (κ2) is 8.23. The Bertz CT molecular complexity index is 983. The summed E-state index contributed by atoms with van der Waals surface area (Å²) in [5, 5.41) is 0. The van der Waals surface area contributed by atoms with Crippen molar-refractivity contribution in [2.75, 3.05) is 38.8 Å². The van der Waals surface area contributed by atoms with Crippen molar-refractivity contribution in [2.24, 2.45) is 11.8 Å². The van der Waals surface area contributed by atoms with E-state index in [1.807, 2.05) is 6.07 Å². The maximum atomic E-state index is 13.5. The minimum atomic E-state index is -0.0242. The number of amides is 1. The third-order valence-corrected chi connectivity index (χ3v) is 8.81. The molecule has 2 bridgehead atoms. The summed E-state index contributed by atoms with van der Waals surface area (Å²) in [7, 11) is 3.36. The highest BCUT2D eigenvalue weighted by Crippen LogP contribution is 2.66. The van der Waals surface area contributed by atoms with E-state index in [9.17, 15) is 4.79 Å². The zero-order valence-electron chi connectivity index (χ0n) is 18.9. The number of anilines is 1. The van der Waals surface area contributed by atoms with Crippen LogP contribution in [-0.2, 0) is 14.9 Å². The van der Waals surface area contributed by atoms with Crippen molar-refractivity contribution in [2.45, 2.75) is 42.9 Å². The molecular formula is C23H34N2O8. The summed E-state index contributed by atoms with van der Waals surface area (Å²) in [6.07, 6.45) is 5.11. The van der Waals surface area contributed by atoms with Crippen molar-refractivity contribution in [1.29, 1.82) is 0 Å². The normalized spacial score (nSPS) is 36.1. The van der Waals surface area contributed by atoms with Crippen molar-refractivity contribution in [3.8, 4) is 11.5 Å². The van der Waals surface area contributed by atoms with Crippen molar-refractivity contribution < 1.29 is 40.9 Å². The molecule has 6 aliphatic rings.